The topological polar surface area (TPSA) is 67.6 Å². The molecule has 5 nitrogen and oxygen atoms in total. The van der Waals surface area contributed by atoms with E-state index >= 15 is 0 Å². The average Bonchev–Trinajstić information content (AvgIpc) is 2.46. The van der Waals surface area contributed by atoms with Crippen molar-refractivity contribution in [1.82, 2.24) is 10.2 Å². The fourth-order valence-corrected chi connectivity index (χ4v) is 2.67. The van der Waals surface area contributed by atoms with E-state index in [-0.39, 0.29) is 36.3 Å². The Hall–Kier alpha value is -0.0700. The Morgan fingerprint density at radius 1 is 1.14 bits per heavy atom. The molecule has 0 aromatic rings. The van der Waals surface area contributed by atoms with E-state index in [1.165, 1.54) is 0 Å². The summed E-state index contributed by atoms with van der Waals surface area (Å²) in [6.45, 7) is 3.05. The van der Waals surface area contributed by atoms with Crippen LogP contribution in [0.4, 0.5) is 0 Å². The first-order chi connectivity index (χ1) is 9.60. The lowest BCUT2D eigenvalue weighted by atomic mass is 9.88. The summed E-state index contributed by atoms with van der Waals surface area (Å²) in [6.07, 6.45) is 6.84. The molecule has 0 bridgehead atoms. The van der Waals surface area contributed by atoms with Gasteiger partial charge in [0.15, 0.2) is 0 Å². The number of carbonyl (C=O) groups excluding carboxylic acids is 1. The zero-order valence-corrected chi connectivity index (χ0v) is 15.6. The van der Waals surface area contributed by atoms with Crippen molar-refractivity contribution in [2.24, 2.45) is 5.73 Å². The lowest BCUT2D eigenvalue weighted by molar-refractivity contribution is -0.122. The standard InChI is InChI=1S/C15H31N3O2.2ClH/c1-18(2)15(8-11-20-12-9-15)13-17-14(19)7-5-3-4-6-10-16;;/h3-13,16H2,1-2H3,(H,17,19);2*1H. The molecule has 0 aromatic carbocycles. The van der Waals surface area contributed by atoms with E-state index in [9.17, 15) is 4.79 Å². The Morgan fingerprint density at radius 3 is 2.27 bits per heavy atom. The number of unbranched alkanes of at least 4 members (excludes halogenated alkanes) is 3. The molecule has 1 amide bonds. The summed E-state index contributed by atoms with van der Waals surface area (Å²) < 4.78 is 5.43. The largest absolute Gasteiger partial charge is 0.381 e. The summed E-state index contributed by atoms with van der Waals surface area (Å²) in [6, 6.07) is 0. The summed E-state index contributed by atoms with van der Waals surface area (Å²) in [5.41, 5.74) is 5.51. The molecule has 1 saturated heterocycles. The Bertz CT molecular complexity index is 286. The van der Waals surface area contributed by atoms with Gasteiger partial charge in [-0.1, -0.05) is 12.8 Å². The van der Waals surface area contributed by atoms with Gasteiger partial charge in [-0.05, 0) is 46.3 Å². The van der Waals surface area contributed by atoms with Crippen LogP contribution in [0.3, 0.4) is 0 Å². The van der Waals surface area contributed by atoms with Crippen molar-refractivity contribution < 1.29 is 9.53 Å². The number of halogens is 2. The van der Waals surface area contributed by atoms with Crippen molar-refractivity contribution in [3.05, 3.63) is 0 Å². The van der Waals surface area contributed by atoms with Gasteiger partial charge in [0.25, 0.3) is 0 Å². The second-order valence-electron chi connectivity index (χ2n) is 5.96. The number of hydrogen-bond acceptors (Lipinski definition) is 4. The number of likely N-dealkylation sites (N-methyl/N-ethyl adjacent to an activating group) is 1. The number of rotatable bonds is 9. The second-order valence-corrected chi connectivity index (χ2v) is 5.96. The third-order valence-electron chi connectivity index (χ3n) is 4.34. The molecule has 1 heterocycles. The maximum absolute atomic E-state index is 11.9. The molecule has 1 fully saturated rings. The number of nitrogens with zero attached hydrogens (tertiary/aromatic N) is 1. The first kappa shape index (κ1) is 24.2. The van der Waals surface area contributed by atoms with Crippen LogP contribution in [-0.2, 0) is 9.53 Å². The lowest BCUT2D eigenvalue weighted by Gasteiger charge is -2.42. The highest BCUT2D eigenvalue weighted by Crippen LogP contribution is 2.25. The number of hydrogen-bond donors (Lipinski definition) is 2. The summed E-state index contributed by atoms with van der Waals surface area (Å²) in [7, 11) is 4.18. The van der Waals surface area contributed by atoms with Gasteiger partial charge < -0.3 is 20.7 Å². The van der Waals surface area contributed by atoms with E-state index in [1.54, 1.807) is 0 Å². The summed E-state index contributed by atoms with van der Waals surface area (Å²) >= 11 is 0. The first-order valence-corrected chi connectivity index (χ1v) is 7.83. The van der Waals surface area contributed by atoms with Gasteiger partial charge in [-0.3, -0.25) is 4.79 Å². The van der Waals surface area contributed by atoms with E-state index in [2.05, 4.69) is 24.3 Å². The highest BCUT2D eigenvalue weighted by molar-refractivity contribution is 5.85. The van der Waals surface area contributed by atoms with Gasteiger partial charge in [0.2, 0.25) is 5.91 Å². The van der Waals surface area contributed by atoms with Crippen molar-refractivity contribution in [3.8, 4) is 0 Å². The molecule has 7 heteroatoms. The number of nitrogens with one attached hydrogen (secondary N) is 1. The van der Waals surface area contributed by atoms with Crippen LogP contribution in [0.15, 0.2) is 0 Å². The Balaban J connectivity index is 0. The van der Waals surface area contributed by atoms with Crippen LogP contribution in [0.5, 0.6) is 0 Å². The maximum Gasteiger partial charge on any atom is 0.220 e. The zero-order valence-electron chi connectivity index (χ0n) is 13.9. The van der Waals surface area contributed by atoms with Crippen LogP contribution in [0, 0.1) is 0 Å². The fourth-order valence-electron chi connectivity index (χ4n) is 2.67. The lowest BCUT2D eigenvalue weighted by Crippen LogP contribution is -2.55. The van der Waals surface area contributed by atoms with E-state index in [4.69, 9.17) is 10.5 Å². The summed E-state index contributed by atoms with van der Waals surface area (Å²) in [5.74, 6) is 0.172. The van der Waals surface area contributed by atoms with Crippen LogP contribution in [-0.4, -0.2) is 56.7 Å². The van der Waals surface area contributed by atoms with Crippen LogP contribution >= 0.6 is 24.8 Å². The van der Waals surface area contributed by atoms with Crippen LogP contribution in [0.25, 0.3) is 0 Å². The SMILES string of the molecule is CN(C)C1(CNC(=O)CCCCCCN)CCOCC1.Cl.Cl. The highest BCUT2D eigenvalue weighted by Gasteiger charge is 2.34. The van der Waals surface area contributed by atoms with Crippen LogP contribution in [0.1, 0.15) is 44.9 Å². The third-order valence-corrected chi connectivity index (χ3v) is 4.34. The van der Waals surface area contributed by atoms with Gasteiger partial charge in [0.05, 0.1) is 0 Å². The predicted octanol–water partition coefficient (Wildman–Crippen LogP) is 1.97. The molecule has 0 saturated carbocycles. The van der Waals surface area contributed by atoms with Crippen LogP contribution in [0.2, 0.25) is 0 Å². The number of carbonyl (C=O) groups is 1. The fraction of sp³-hybridized carbons (Fsp3) is 0.933. The average molecular weight is 358 g/mol. The minimum absolute atomic E-state index is 0. The molecule has 0 aliphatic carbocycles. The summed E-state index contributed by atoms with van der Waals surface area (Å²) in [5, 5.41) is 3.10. The molecule has 3 N–H and O–H groups in total. The molecule has 0 spiro atoms. The third kappa shape index (κ3) is 8.53. The molecule has 1 aliphatic rings. The van der Waals surface area contributed by atoms with E-state index < -0.39 is 0 Å². The molecule has 1 aliphatic heterocycles. The van der Waals surface area contributed by atoms with Gasteiger partial charge in [-0.2, -0.15) is 0 Å². The van der Waals surface area contributed by atoms with Crippen molar-refractivity contribution in [1.29, 1.82) is 0 Å². The number of amides is 1. The maximum atomic E-state index is 11.9. The molecule has 0 atom stereocenters. The van der Waals surface area contributed by atoms with Crippen molar-refractivity contribution in [2.75, 3.05) is 40.4 Å². The minimum atomic E-state index is 0. The number of ether oxygens (including phenoxy) is 1. The van der Waals surface area contributed by atoms with Gasteiger partial charge in [-0.25, -0.2) is 0 Å². The minimum Gasteiger partial charge on any atom is -0.381 e. The molecule has 1 rings (SSSR count). The smallest absolute Gasteiger partial charge is 0.220 e. The van der Waals surface area contributed by atoms with Gasteiger partial charge in [-0.15, -0.1) is 24.8 Å². The van der Waals surface area contributed by atoms with Crippen molar-refractivity contribution >= 4 is 30.7 Å². The highest BCUT2D eigenvalue weighted by atomic mass is 35.5. The Morgan fingerprint density at radius 2 is 1.73 bits per heavy atom. The molecule has 0 aromatic heterocycles. The van der Waals surface area contributed by atoms with E-state index in [0.29, 0.717) is 6.42 Å². The Kier molecular flexibility index (Phi) is 14.7. The first-order valence-electron chi connectivity index (χ1n) is 7.83. The van der Waals surface area contributed by atoms with Crippen molar-refractivity contribution in [2.45, 2.75) is 50.5 Å². The normalized spacial score (nSPS) is 16.5. The molecule has 22 heavy (non-hydrogen) atoms. The Labute approximate surface area is 147 Å². The second kappa shape index (κ2) is 13.4. The van der Waals surface area contributed by atoms with Crippen molar-refractivity contribution in [3.63, 3.8) is 0 Å². The number of nitrogens with two attached hydrogens (primary N) is 1. The molecular formula is C15H33Cl2N3O2. The van der Waals surface area contributed by atoms with E-state index in [0.717, 1.165) is 64.8 Å². The molecule has 0 radical (unpaired) electrons. The van der Waals surface area contributed by atoms with Gasteiger partial charge >= 0.3 is 0 Å². The van der Waals surface area contributed by atoms with E-state index in [1.807, 2.05) is 0 Å². The zero-order chi connectivity index (χ0) is 14.8. The van der Waals surface area contributed by atoms with Crippen LogP contribution < -0.4 is 11.1 Å². The molecular weight excluding hydrogens is 325 g/mol. The van der Waals surface area contributed by atoms with Gasteiger partial charge in [0, 0.05) is 31.7 Å². The molecule has 134 valence electrons. The quantitative estimate of drug-likeness (QED) is 0.619. The van der Waals surface area contributed by atoms with Gasteiger partial charge in [0.1, 0.15) is 0 Å². The predicted molar refractivity (Wildman–Crippen MR) is 96.1 cm³/mol. The summed E-state index contributed by atoms with van der Waals surface area (Å²) in [4.78, 5) is 14.1. The molecule has 0 unspecified atom stereocenters. The monoisotopic (exact) mass is 357 g/mol.